The Hall–Kier alpha value is -2.71. The van der Waals surface area contributed by atoms with Crippen LogP contribution in [0.4, 0.5) is 0 Å². The fourth-order valence-corrected chi connectivity index (χ4v) is 2.76. The Bertz CT molecular complexity index is 715. The molecule has 0 aliphatic carbocycles. The molecular weight excluding hydrogens is 288 g/mol. The zero-order valence-electron chi connectivity index (χ0n) is 12.9. The zero-order chi connectivity index (χ0) is 16.1. The number of hydrogen-bond donors (Lipinski definition) is 0. The van der Waals surface area contributed by atoms with Crippen molar-refractivity contribution in [2.24, 2.45) is 0 Å². The van der Waals surface area contributed by atoms with Gasteiger partial charge in [0.1, 0.15) is 0 Å². The standard InChI is InChI=1S/C18H18N4O/c19-12-15-3-1-5-17(11-15)18(23)22-9-7-21(8-10-22)14-16-4-2-6-20-13-16/h1-6,11,13H,7-10,14H2. The maximum absolute atomic E-state index is 12.5. The minimum atomic E-state index is 0.00290. The summed E-state index contributed by atoms with van der Waals surface area (Å²) in [5, 5.41) is 8.94. The van der Waals surface area contributed by atoms with E-state index >= 15 is 0 Å². The predicted octanol–water partition coefficient (Wildman–Crippen LogP) is 1.91. The Morgan fingerprint density at radius 3 is 2.70 bits per heavy atom. The lowest BCUT2D eigenvalue weighted by Crippen LogP contribution is -2.48. The van der Waals surface area contributed by atoms with Gasteiger partial charge < -0.3 is 4.90 Å². The molecule has 2 heterocycles. The highest BCUT2D eigenvalue weighted by Gasteiger charge is 2.22. The lowest BCUT2D eigenvalue weighted by molar-refractivity contribution is 0.0628. The Labute approximate surface area is 135 Å². The molecule has 5 nitrogen and oxygen atoms in total. The molecule has 3 rings (SSSR count). The van der Waals surface area contributed by atoms with Crippen LogP contribution in [0.2, 0.25) is 0 Å². The van der Waals surface area contributed by atoms with E-state index in [4.69, 9.17) is 5.26 Å². The van der Waals surface area contributed by atoms with E-state index in [-0.39, 0.29) is 5.91 Å². The van der Waals surface area contributed by atoms with Gasteiger partial charge in [0.25, 0.3) is 5.91 Å². The van der Waals surface area contributed by atoms with Gasteiger partial charge in [0, 0.05) is 50.7 Å². The quantitative estimate of drug-likeness (QED) is 0.869. The SMILES string of the molecule is N#Cc1cccc(C(=O)N2CCN(Cc3cccnc3)CC2)c1. The van der Waals surface area contributed by atoms with E-state index in [2.05, 4.69) is 22.0 Å². The highest BCUT2D eigenvalue weighted by molar-refractivity contribution is 5.94. The number of nitriles is 1. The summed E-state index contributed by atoms with van der Waals surface area (Å²) in [7, 11) is 0. The molecule has 5 heteroatoms. The molecule has 1 aromatic heterocycles. The van der Waals surface area contributed by atoms with E-state index in [1.165, 1.54) is 5.56 Å². The van der Waals surface area contributed by atoms with Gasteiger partial charge in [0.05, 0.1) is 11.6 Å². The molecule has 0 N–H and O–H groups in total. The number of hydrogen-bond acceptors (Lipinski definition) is 4. The van der Waals surface area contributed by atoms with Crippen molar-refractivity contribution >= 4 is 5.91 Å². The van der Waals surface area contributed by atoms with Gasteiger partial charge in [-0.1, -0.05) is 12.1 Å². The fourth-order valence-electron chi connectivity index (χ4n) is 2.76. The fraction of sp³-hybridized carbons (Fsp3) is 0.278. The lowest BCUT2D eigenvalue weighted by atomic mass is 10.1. The number of carbonyl (C=O) groups is 1. The second-order valence-electron chi connectivity index (χ2n) is 5.62. The van der Waals surface area contributed by atoms with Crippen molar-refractivity contribution in [3.8, 4) is 6.07 Å². The van der Waals surface area contributed by atoms with Crippen LogP contribution in [0, 0.1) is 11.3 Å². The van der Waals surface area contributed by atoms with Gasteiger partial charge in [-0.15, -0.1) is 0 Å². The highest BCUT2D eigenvalue weighted by Crippen LogP contribution is 2.12. The van der Waals surface area contributed by atoms with Gasteiger partial charge in [-0.25, -0.2) is 0 Å². The van der Waals surface area contributed by atoms with Gasteiger partial charge in [-0.05, 0) is 29.8 Å². The predicted molar refractivity (Wildman–Crippen MR) is 86.6 cm³/mol. The average Bonchev–Trinajstić information content (AvgIpc) is 2.63. The topological polar surface area (TPSA) is 60.2 Å². The van der Waals surface area contributed by atoms with Crippen molar-refractivity contribution in [1.82, 2.24) is 14.8 Å². The van der Waals surface area contributed by atoms with Crippen LogP contribution in [0.5, 0.6) is 0 Å². The van der Waals surface area contributed by atoms with Crippen molar-refractivity contribution in [3.63, 3.8) is 0 Å². The van der Waals surface area contributed by atoms with Crippen LogP contribution in [0.25, 0.3) is 0 Å². The Morgan fingerprint density at radius 1 is 1.17 bits per heavy atom. The normalized spacial score (nSPS) is 15.2. The molecule has 1 aliphatic rings. The molecule has 2 aromatic rings. The molecule has 1 saturated heterocycles. The molecule has 0 bridgehead atoms. The summed E-state index contributed by atoms with van der Waals surface area (Å²) < 4.78 is 0. The van der Waals surface area contributed by atoms with Gasteiger partial charge in [0.2, 0.25) is 0 Å². The highest BCUT2D eigenvalue weighted by atomic mass is 16.2. The van der Waals surface area contributed by atoms with Gasteiger partial charge in [-0.2, -0.15) is 5.26 Å². The van der Waals surface area contributed by atoms with Crippen LogP contribution in [-0.4, -0.2) is 46.9 Å². The number of piperazine rings is 1. The maximum Gasteiger partial charge on any atom is 0.253 e. The summed E-state index contributed by atoms with van der Waals surface area (Å²) in [5.41, 5.74) is 2.30. The van der Waals surface area contributed by atoms with E-state index in [9.17, 15) is 4.79 Å². The Balaban J connectivity index is 1.58. The molecule has 1 amide bonds. The summed E-state index contributed by atoms with van der Waals surface area (Å²) >= 11 is 0. The smallest absolute Gasteiger partial charge is 0.253 e. The van der Waals surface area contributed by atoms with Crippen molar-refractivity contribution in [2.75, 3.05) is 26.2 Å². The van der Waals surface area contributed by atoms with E-state index < -0.39 is 0 Å². The van der Waals surface area contributed by atoms with Gasteiger partial charge in [0.15, 0.2) is 0 Å². The molecule has 0 saturated carbocycles. The van der Waals surface area contributed by atoms with Crippen molar-refractivity contribution in [1.29, 1.82) is 5.26 Å². The van der Waals surface area contributed by atoms with Gasteiger partial charge in [-0.3, -0.25) is 14.7 Å². The van der Waals surface area contributed by atoms with Crippen molar-refractivity contribution in [3.05, 3.63) is 65.5 Å². The number of aromatic nitrogens is 1. The maximum atomic E-state index is 12.5. The van der Waals surface area contributed by atoms with E-state index in [1.54, 1.807) is 30.5 Å². The summed E-state index contributed by atoms with van der Waals surface area (Å²) in [5.74, 6) is 0.00290. The first-order valence-electron chi connectivity index (χ1n) is 7.67. The third kappa shape index (κ3) is 3.74. The van der Waals surface area contributed by atoms with Crippen molar-refractivity contribution < 1.29 is 4.79 Å². The second kappa shape index (κ2) is 7.03. The lowest BCUT2D eigenvalue weighted by Gasteiger charge is -2.34. The average molecular weight is 306 g/mol. The first kappa shape index (κ1) is 15.2. The Kier molecular flexibility index (Phi) is 4.65. The molecular formula is C18H18N4O. The summed E-state index contributed by atoms with van der Waals surface area (Å²) in [6.07, 6.45) is 3.65. The van der Waals surface area contributed by atoms with Crippen LogP contribution in [0.15, 0.2) is 48.8 Å². The third-order valence-electron chi connectivity index (χ3n) is 4.03. The van der Waals surface area contributed by atoms with Crippen LogP contribution in [-0.2, 0) is 6.54 Å². The van der Waals surface area contributed by atoms with Crippen LogP contribution in [0.1, 0.15) is 21.5 Å². The Morgan fingerprint density at radius 2 is 2.00 bits per heavy atom. The number of rotatable bonds is 3. The monoisotopic (exact) mass is 306 g/mol. The molecule has 1 fully saturated rings. The number of benzene rings is 1. The molecule has 1 aliphatic heterocycles. The number of pyridine rings is 1. The van der Waals surface area contributed by atoms with E-state index in [1.807, 2.05) is 17.2 Å². The third-order valence-corrected chi connectivity index (χ3v) is 4.03. The van der Waals surface area contributed by atoms with Crippen LogP contribution < -0.4 is 0 Å². The first-order valence-corrected chi connectivity index (χ1v) is 7.67. The number of nitrogens with zero attached hydrogens (tertiary/aromatic N) is 4. The summed E-state index contributed by atoms with van der Waals surface area (Å²) in [6.45, 7) is 3.96. The number of amides is 1. The van der Waals surface area contributed by atoms with E-state index in [0.717, 1.165) is 19.6 Å². The van der Waals surface area contributed by atoms with Crippen molar-refractivity contribution in [2.45, 2.75) is 6.54 Å². The van der Waals surface area contributed by atoms with Crippen LogP contribution in [0.3, 0.4) is 0 Å². The van der Waals surface area contributed by atoms with Crippen LogP contribution >= 0.6 is 0 Å². The molecule has 0 spiro atoms. The summed E-state index contributed by atoms with van der Waals surface area (Å²) in [4.78, 5) is 20.8. The number of carbonyl (C=O) groups excluding carboxylic acids is 1. The molecule has 0 unspecified atom stereocenters. The molecule has 23 heavy (non-hydrogen) atoms. The molecule has 1 aromatic carbocycles. The zero-order valence-corrected chi connectivity index (χ0v) is 12.9. The minimum absolute atomic E-state index is 0.00290. The molecule has 0 radical (unpaired) electrons. The molecule has 0 atom stereocenters. The molecule has 116 valence electrons. The largest absolute Gasteiger partial charge is 0.336 e. The minimum Gasteiger partial charge on any atom is -0.336 e. The van der Waals surface area contributed by atoms with Gasteiger partial charge >= 0.3 is 0 Å². The van der Waals surface area contributed by atoms with E-state index in [0.29, 0.717) is 24.2 Å². The first-order chi connectivity index (χ1) is 11.3. The second-order valence-corrected chi connectivity index (χ2v) is 5.62. The summed E-state index contributed by atoms with van der Waals surface area (Å²) in [6, 6.07) is 13.0.